The molecule has 5 heteroatoms. The molecular formula is C10H19BO4. The van der Waals surface area contributed by atoms with Gasteiger partial charge in [0.25, 0.3) is 0 Å². The maximum absolute atomic E-state index is 11.5. The van der Waals surface area contributed by atoms with Crippen LogP contribution in [0.5, 0.6) is 0 Å². The minimum atomic E-state index is -0.557. The van der Waals surface area contributed by atoms with E-state index in [2.05, 4.69) is 0 Å². The van der Waals surface area contributed by atoms with Crippen LogP contribution in [0.15, 0.2) is 0 Å². The zero-order chi connectivity index (χ0) is 11.7. The fourth-order valence-corrected chi connectivity index (χ4v) is 1.23. The topological polar surface area (TPSA) is 44.8 Å². The van der Waals surface area contributed by atoms with Crippen molar-refractivity contribution in [3.63, 3.8) is 0 Å². The molecule has 1 saturated heterocycles. The maximum Gasteiger partial charge on any atom is 0.303 e. The fourth-order valence-electron chi connectivity index (χ4n) is 1.23. The van der Waals surface area contributed by atoms with Crippen LogP contribution in [0.1, 0.15) is 27.7 Å². The fraction of sp³-hybridized carbons (Fsp3) is 0.900. The molecule has 1 unspecified atom stereocenters. The van der Waals surface area contributed by atoms with Gasteiger partial charge in [-0.15, -0.1) is 0 Å². The van der Waals surface area contributed by atoms with Crippen molar-refractivity contribution in [3.8, 4) is 0 Å². The Hall–Kier alpha value is -0.545. The van der Waals surface area contributed by atoms with Crippen LogP contribution in [0.3, 0.4) is 0 Å². The Morgan fingerprint density at radius 2 is 2.20 bits per heavy atom. The molecule has 0 aliphatic carbocycles. The van der Waals surface area contributed by atoms with Gasteiger partial charge >= 0.3 is 5.97 Å². The molecule has 1 heterocycles. The quantitative estimate of drug-likeness (QED) is 0.507. The van der Waals surface area contributed by atoms with Gasteiger partial charge in [-0.05, 0) is 13.8 Å². The second kappa shape index (κ2) is 4.14. The highest BCUT2D eigenvalue weighted by Gasteiger charge is 2.34. The lowest BCUT2D eigenvalue weighted by Gasteiger charge is -2.19. The van der Waals surface area contributed by atoms with Gasteiger partial charge in [-0.2, -0.15) is 0 Å². The van der Waals surface area contributed by atoms with E-state index >= 15 is 0 Å². The summed E-state index contributed by atoms with van der Waals surface area (Å²) in [6, 6.07) is 0. The number of hydrogen-bond acceptors (Lipinski definition) is 4. The number of esters is 1. The Morgan fingerprint density at radius 3 is 2.60 bits per heavy atom. The van der Waals surface area contributed by atoms with Crippen LogP contribution in [0, 0.1) is 0 Å². The van der Waals surface area contributed by atoms with E-state index in [4.69, 9.17) is 14.2 Å². The van der Waals surface area contributed by atoms with Crippen molar-refractivity contribution < 1.29 is 19.0 Å². The Kier molecular flexibility index (Phi) is 3.46. The highest BCUT2D eigenvalue weighted by atomic mass is 16.7. The molecule has 4 nitrogen and oxygen atoms in total. The summed E-state index contributed by atoms with van der Waals surface area (Å²) in [7, 11) is 1.82. The van der Waals surface area contributed by atoms with Crippen LogP contribution in [0.4, 0.5) is 0 Å². The molecule has 0 aromatic carbocycles. The van der Waals surface area contributed by atoms with E-state index in [1.807, 2.05) is 35.5 Å². The molecular weight excluding hydrogens is 195 g/mol. The van der Waals surface area contributed by atoms with Crippen LogP contribution in [0.25, 0.3) is 0 Å². The highest BCUT2D eigenvalue weighted by molar-refractivity contribution is 6.26. The van der Waals surface area contributed by atoms with E-state index in [1.54, 1.807) is 0 Å². The normalized spacial score (nSPS) is 25.2. The lowest BCUT2D eigenvalue weighted by molar-refractivity contribution is -0.160. The summed E-state index contributed by atoms with van der Waals surface area (Å²) in [4.78, 5) is 11.5. The molecule has 0 saturated carbocycles. The number of carbonyl (C=O) groups excluding carboxylic acids is 1. The van der Waals surface area contributed by atoms with Gasteiger partial charge in [-0.25, -0.2) is 0 Å². The molecule has 0 aromatic heterocycles. The van der Waals surface area contributed by atoms with Crippen molar-refractivity contribution in [2.45, 2.75) is 44.9 Å². The molecule has 0 bridgehead atoms. The molecule has 1 fully saturated rings. The largest absolute Gasteiger partial charge is 0.463 e. The van der Waals surface area contributed by atoms with Crippen molar-refractivity contribution in [3.05, 3.63) is 0 Å². The Balaban J connectivity index is 2.31. The van der Waals surface area contributed by atoms with Crippen LogP contribution in [-0.4, -0.2) is 38.9 Å². The van der Waals surface area contributed by atoms with Crippen molar-refractivity contribution >= 4 is 13.8 Å². The number of hydrogen-bond donors (Lipinski definition) is 0. The first-order chi connectivity index (χ1) is 6.71. The second-order valence-electron chi connectivity index (χ2n) is 5.30. The van der Waals surface area contributed by atoms with Crippen LogP contribution >= 0.6 is 0 Å². The van der Waals surface area contributed by atoms with Gasteiger partial charge < -0.3 is 14.2 Å². The lowest BCUT2D eigenvalue weighted by atomic mass is 9.73. The number of rotatable bonds is 3. The molecule has 0 aromatic rings. The molecule has 0 radical (unpaired) electrons. The standard InChI is InChI=1S/C10H19BO4/c1-9(2,11)8(12)13-5-7-6-14-10(3,4)15-7/h7H,5-6,11H2,1-4H3. The molecule has 15 heavy (non-hydrogen) atoms. The highest BCUT2D eigenvalue weighted by Crippen LogP contribution is 2.24. The van der Waals surface area contributed by atoms with Crippen molar-refractivity contribution in [1.29, 1.82) is 0 Å². The van der Waals surface area contributed by atoms with Crippen molar-refractivity contribution in [2.24, 2.45) is 0 Å². The summed E-state index contributed by atoms with van der Waals surface area (Å²) in [6.07, 6.45) is -0.147. The summed E-state index contributed by atoms with van der Waals surface area (Å²) < 4.78 is 16.0. The maximum atomic E-state index is 11.5. The van der Waals surface area contributed by atoms with Crippen molar-refractivity contribution in [2.75, 3.05) is 13.2 Å². The average molecular weight is 214 g/mol. The van der Waals surface area contributed by atoms with Gasteiger partial charge in [0.2, 0.25) is 0 Å². The van der Waals surface area contributed by atoms with E-state index in [0.29, 0.717) is 6.61 Å². The minimum Gasteiger partial charge on any atom is -0.463 e. The van der Waals surface area contributed by atoms with E-state index in [9.17, 15) is 4.79 Å². The minimum absolute atomic E-state index is 0.147. The molecule has 0 amide bonds. The molecule has 86 valence electrons. The van der Waals surface area contributed by atoms with Gasteiger partial charge in [0.05, 0.1) is 6.61 Å². The third-order valence-electron chi connectivity index (χ3n) is 2.08. The summed E-state index contributed by atoms with van der Waals surface area (Å²) in [5.74, 6) is -0.769. The average Bonchev–Trinajstić information content (AvgIpc) is 2.39. The van der Waals surface area contributed by atoms with E-state index < -0.39 is 11.1 Å². The molecule has 1 atom stereocenters. The first-order valence-electron chi connectivity index (χ1n) is 5.20. The Labute approximate surface area is 91.7 Å². The zero-order valence-electron chi connectivity index (χ0n) is 10.1. The van der Waals surface area contributed by atoms with E-state index in [1.165, 1.54) is 0 Å². The Bertz CT molecular complexity index is 244. The van der Waals surface area contributed by atoms with Crippen LogP contribution in [-0.2, 0) is 19.0 Å². The second-order valence-corrected chi connectivity index (χ2v) is 5.30. The Morgan fingerprint density at radius 1 is 1.60 bits per heavy atom. The van der Waals surface area contributed by atoms with Crippen LogP contribution in [0.2, 0.25) is 5.31 Å². The summed E-state index contributed by atoms with van der Waals surface area (Å²) >= 11 is 0. The molecule has 1 rings (SSSR count). The zero-order valence-corrected chi connectivity index (χ0v) is 10.1. The monoisotopic (exact) mass is 214 g/mol. The molecule has 1 aliphatic rings. The molecule has 0 spiro atoms. The predicted octanol–water partition coefficient (Wildman–Crippen LogP) is 0.513. The number of ether oxygens (including phenoxy) is 3. The summed E-state index contributed by atoms with van der Waals surface area (Å²) in [6.45, 7) is 8.08. The SMILES string of the molecule is BC(C)(C)C(=O)OCC1COC(C)(C)O1. The number of carbonyl (C=O) groups is 1. The van der Waals surface area contributed by atoms with Gasteiger partial charge in [0.15, 0.2) is 5.79 Å². The van der Waals surface area contributed by atoms with Gasteiger partial charge in [-0.1, -0.05) is 13.8 Å². The van der Waals surface area contributed by atoms with E-state index in [0.717, 1.165) is 0 Å². The van der Waals surface area contributed by atoms with Gasteiger partial charge in [0, 0.05) is 5.31 Å². The summed E-state index contributed by atoms with van der Waals surface area (Å²) in [5.41, 5.74) is 0. The lowest BCUT2D eigenvalue weighted by Crippen LogP contribution is -2.28. The smallest absolute Gasteiger partial charge is 0.303 e. The third-order valence-corrected chi connectivity index (χ3v) is 2.08. The van der Waals surface area contributed by atoms with Crippen LogP contribution < -0.4 is 0 Å². The molecule has 0 N–H and O–H groups in total. The molecule has 1 aliphatic heterocycles. The summed E-state index contributed by atoms with van der Waals surface area (Å²) in [5, 5.41) is -0.463. The van der Waals surface area contributed by atoms with E-state index in [-0.39, 0.29) is 18.7 Å². The first kappa shape index (κ1) is 12.5. The van der Waals surface area contributed by atoms with Crippen molar-refractivity contribution in [1.82, 2.24) is 0 Å². The first-order valence-corrected chi connectivity index (χ1v) is 5.20. The predicted molar refractivity (Wildman–Crippen MR) is 58.4 cm³/mol. The van der Waals surface area contributed by atoms with Gasteiger partial charge in [-0.3, -0.25) is 4.79 Å². The van der Waals surface area contributed by atoms with Gasteiger partial charge in [0.1, 0.15) is 20.6 Å². The third kappa shape index (κ3) is 3.84.